The normalized spacial score (nSPS) is 12.2. The first kappa shape index (κ1) is 89.5. The van der Waals surface area contributed by atoms with E-state index in [2.05, 4.69) is 60.7 Å². The van der Waals surface area contributed by atoms with Gasteiger partial charge in [0.05, 0.1) is 71.3 Å². The summed E-state index contributed by atoms with van der Waals surface area (Å²) in [5.41, 5.74) is 24.8. The summed E-state index contributed by atoms with van der Waals surface area (Å²) in [5, 5.41) is 60.4. The smallest absolute Gasteiger partial charge is 0.408 e. The van der Waals surface area contributed by atoms with Gasteiger partial charge in [-0.1, -0.05) is 155 Å². The summed E-state index contributed by atoms with van der Waals surface area (Å²) in [5.74, 6) is -0.239. The predicted molar refractivity (Wildman–Crippen MR) is 422 cm³/mol. The Morgan fingerprint density at radius 2 is 0.865 bits per heavy atom. The first-order valence-corrected chi connectivity index (χ1v) is 37.1. The Kier molecular flexibility index (Phi) is 38.5. The Balaban J connectivity index is 0.000000364. The third-order valence-electron chi connectivity index (χ3n) is 14.6. The average Bonchev–Trinajstić information content (AvgIpc) is 1.06. The van der Waals surface area contributed by atoms with E-state index < -0.39 is 49.5 Å². The lowest BCUT2D eigenvalue weighted by molar-refractivity contribution is -0.385. The van der Waals surface area contributed by atoms with Crippen LogP contribution in [0.4, 0.5) is 27.5 Å². The highest BCUT2D eigenvalue weighted by Crippen LogP contribution is 2.27. The van der Waals surface area contributed by atoms with Crippen molar-refractivity contribution in [3.63, 3.8) is 0 Å². The quantitative estimate of drug-likeness (QED) is 0.0115. The van der Waals surface area contributed by atoms with Gasteiger partial charge in [0.2, 0.25) is 11.8 Å². The first-order valence-electron chi connectivity index (χ1n) is 32.9. The minimum atomic E-state index is -0.887. The summed E-state index contributed by atoms with van der Waals surface area (Å²) < 4.78 is 5.39. The number of benzene rings is 5. The van der Waals surface area contributed by atoms with E-state index in [9.17, 15) is 59.6 Å². The van der Waals surface area contributed by atoms with E-state index in [1.165, 1.54) is 59.9 Å². The molecule has 0 aliphatic carbocycles. The number of thiazole rings is 3. The predicted octanol–water partition coefficient (Wildman–Crippen LogP) is 15.1. The number of rotatable bonds is 28. The third kappa shape index (κ3) is 33.3. The molecule has 0 fully saturated rings. The first-order chi connectivity index (χ1) is 48.6. The number of ether oxygens (including phenoxy) is 1. The van der Waals surface area contributed by atoms with E-state index in [1.54, 1.807) is 92.0 Å². The number of alkyl halides is 1. The van der Waals surface area contributed by atoms with Crippen molar-refractivity contribution in [1.82, 2.24) is 30.9 Å². The fourth-order valence-corrected chi connectivity index (χ4v) is 12.5. The number of aryl methyl sites for hydroxylation is 3. The van der Waals surface area contributed by atoms with Crippen LogP contribution in [0.3, 0.4) is 0 Å². The van der Waals surface area contributed by atoms with Gasteiger partial charge in [0.1, 0.15) is 32.4 Å². The summed E-state index contributed by atoms with van der Waals surface area (Å²) in [7, 11) is 0. The molecule has 0 bridgehead atoms. The van der Waals surface area contributed by atoms with E-state index in [4.69, 9.17) is 34.2 Å². The fourth-order valence-electron chi connectivity index (χ4n) is 9.15. The number of alkyl carbamates (subject to hydrolysis) is 1. The Bertz CT molecular complexity index is 3930. The molecule has 0 radical (unpaired) electrons. The van der Waals surface area contributed by atoms with Crippen LogP contribution in [-0.4, -0.2) is 86.3 Å². The molecule has 560 valence electrons. The number of amides is 3. The number of aromatic nitrogens is 3. The van der Waals surface area contributed by atoms with Crippen molar-refractivity contribution in [3.8, 4) is 0 Å². The second-order valence-corrected chi connectivity index (χ2v) is 29.3. The standard InChI is InChI=1S/C27H32N4O5S.C15H21N3O3S.2C13H15N3O2S.C4H7BrO.BrH/c1-5-20-17-37-25(28-20)23(16-19-11-13-21(14-12-19)31(34)35)29-24(32)22(15-18-9-7-6-8-10-18)30-26(33)36-27(2,3)4;1-15(2,3)9-13(19)17-12(14(16)22)8-10-4-6-11(7-5-10)18(20)21;2*1-2-10-8-19-13(15-10)12(14)7-9-3-5-11(6-4-9)16(17)18;1-2-4(6)3-5;/h6-14,17,22-23H,5,15-16H2,1-4H3,(H,29,32)(H,30,33);4-7,12H,8-9H2,1-3H3,(H2,16,22)(H,17,19);2*3-6,8,12H,2,7,14H2,1H3;2-3H2,1H3;1H/t22-,23-;3*12-;;/m0000../s1. The maximum absolute atomic E-state index is 13.5. The maximum Gasteiger partial charge on any atom is 0.408 e. The lowest BCUT2D eigenvalue weighted by Gasteiger charge is -2.25. The molecule has 5 aromatic carbocycles. The summed E-state index contributed by atoms with van der Waals surface area (Å²) in [6, 6.07) is 32.6. The van der Waals surface area contributed by atoms with Gasteiger partial charge < -0.3 is 37.9 Å². The topological polar surface area (TPSA) is 403 Å². The molecular formula is C72H91Br2N13O13S4. The molecule has 0 saturated carbocycles. The van der Waals surface area contributed by atoms with Crippen molar-refractivity contribution < 1.29 is 43.6 Å². The van der Waals surface area contributed by atoms with Crippen molar-refractivity contribution in [3.05, 3.63) is 244 Å². The lowest BCUT2D eigenvalue weighted by Crippen LogP contribution is -2.50. The molecule has 0 saturated heterocycles. The number of non-ortho nitro benzene ring substituents is 4. The van der Waals surface area contributed by atoms with E-state index in [1.807, 2.05) is 81.1 Å². The Morgan fingerprint density at radius 3 is 1.18 bits per heavy atom. The Morgan fingerprint density at radius 1 is 0.519 bits per heavy atom. The van der Waals surface area contributed by atoms with Gasteiger partial charge in [-0.05, 0) is 98.9 Å². The number of nitro benzene ring substituents is 4. The van der Waals surface area contributed by atoms with Gasteiger partial charge in [-0.15, -0.1) is 51.0 Å². The Labute approximate surface area is 641 Å². The van der Waals surface area contributed by atoms with Gasteiger partial charge in [-0.2, -0.15) is 0 Å². The third-order valence-corrected chi connectivity index (χ3v) is 18.6. The largest absolute Gasteiger partial charge is 0.444 e. The zero-order chi connectivity index (χ0) is 76.6. The van der Waals surface area contributed by atoms with Crippen molar-refractivity contribution in [2.45, 2.75) is 169 Å². The molecule has 0 aliphatic heterocycles. The number of carbonyl (C=O) groups is 4. The van der Waals surface area contributed by atoms with E-state index in [0.717, 1.165) is 79.2 Å². The van der Waals surface area contributed by atoms with Crippen LogP contribution in [0, 0.1) is 45.9 Å². The molecule has 8 rings (SSSR count). The molecule has 3 aromatic heterocycles. The van der Waals surface area contributed by atoms with Crippen molar-refractivity contribution in [2.24, 2.45) is 22.6 Å². The number of halogens is 2. The average molecular weight is 1630 g/mol. The highest BCUT2D eigenvalue weighted by atomic mass is 79.9. The number of nitrogens with one attached hydrogen (secondary N) is 3. The molecule has 104 heavy (non-hydrogen) atoms. The lowest BCUT2D eigenvalue weighted by atomic mass is 9.91. The summed E-state index contributed by atoms with van der Waals surface area (Å²) in [6.07, 6.45) is 5.22. The van der Waals surface area contributed by atoms with Crippen molar-refractivity contribution >= 4 is 131 Å². The van der Waals surface area contributed by atoms with Crippen molar-refractivity contribution in [1.29, 1.82) is 0 Å². The van der Waals surface area contributed by atoms with E-state index in [0.29, 0.717) is 43.9 Å². The SMILES string of the molecule is Br.CC(C)(C)CC(=O)N[C@@H](Cc1ccc([N+](=O)[O-])cc1)C(N)=S.CCC(=O)CBr.CCc1csc([C@@H](N)Cc2ccc([N+](=O)[O-])cc2)n1.CCc1csc([C@@H](N)Cc2ccc([N+](=O)[O-])cc2)n1.CCc1csc([C@H](Cc2ccc([N+](=O)[O-])cc2)NC(=O)[C@H](Cc2ccccc2)NC(=O)OC(C)(C)C)n1. The van der Waals surface area contributed by atoms with Gasteiger partial charge in [-0.25, -0.2) is 19.7 Å². The van der Waals surface area contributed by atoms with Crippen LogP contribution >= 0.6 is 79.1 Å². The van der Waals surface area contributed by atoms with Crippen LogP contribution in [0.2, 0.25) is 0 Å². The molecular weight excluding hydrogens is 1540 g/mol. The van der Waals surface area contributed by atoms with Crippen LogP contribution in [0.15, 0.2) is 144 Å². The van der Waals surface area contributed by atoms with Gasteiger partial charge in [0.15, 0.2) is 0 Å². The monoisotopic (exact) mass is 1630 g/mol. The molecule has 26 nitrogen and oxygen atoms in total. The van der Waals surface area contributed by atoms with Crippen LogP contribution in [0.5, 0.6) is 0 Å². The number of thiocarbonyl (C=S) groups is 1. The molecule has 8 aromatic rings. The number of nitrogens with two attached hydrogens (primary N) is 3. The summed E-state index contributed by atoms with van der Waals surface area (Å²) in [6.45, 7) is 19.1. The van der Waals surface area contributed by atoms with Crippen molar-refractivity contribution in [2.75, 3.05) is 5.33 Å². The molecule has 9 N–H and O–H groups in total. The second kappa shape index (κ2) is 44.8. The Hall–Kier alpha value is -8.76. The van der Waals surface area contributed by atoms with E-state index in [-0.39, 0.29) is 86.2 Å². The molecule has 3 heterocycles. The highest BCUT2D eigenvalue weighted by molar-refractivity contribution is 9.09. The van der Waals surface area contributed by atoms with E-state index >= 15 is 0 Å². The molecule has 3 amide bonds. The number of nitrogens with zero attached hydrogens (tertiary/aromatic N) is 7. The minimum absolute atomic E-state index is 0. The molecule has 0 spiro atoms. The van der Waals surface area contributed by atoms with Crippen LogP contribution < -0.4 is 33.2 Å². The maximum atomic E-state index is 13.5. The van der Waals surface area contributed by atoms with Gasteiger partial charge in [-0.3, -0.25) is 54.8 Å². The number of Topliss-reactive ketones (excluding diaryl/α,β-unsaturated/α-hetero) is 1. The minimum Gasteiger partial charge on any atom is -0.444 e. The highest BCUT2D eigenvalue weighted by Gasteiger charge is 2.29. The van der Waals surface area contributed by atoms with Crippen LogP contribution in [0.1, 0.15) is 160 Å². The zero-order valence-corrected chi connectivity index (χ0v) is 66.2. The van der Waals surface area contributed by atoms with Gasteiger partial charge in [0, 0.05) is 83.9 Å². The summed E-state index contributed by atoms with van der Waals surface area (Å²) in [4.78, 5) is 103. The summed E-state index contributed by atoms with van der Waals surface area (Å²) >= 11 is 12.6. The number of nitro groups is 4. The number of ketones is 1. The molecule has 0 aliphatic rings. The second-order valence-electron chi connectivity index (χ2n) is 25.6. The van der Waals surface area contributed by atoms with Crippen LogP contribution in [-0.2, 0) is 70.5 Å². The molecule has 5 atom stereocenters. The molecule has 0 unspecified atom stereocenters. The fraction of sp³-hybridized carbons (Fsp3) is 0.389. The van der Waals surface area contributed by atoms with Crippen LogP contribution in [0.25, 0.3) is 0 Å². The number of hydrogen-bond donors (Lipinski definition) is 6. The van der Waals surface area contributed by atoms with Gasteiger partial charge >= 0.3 is 6.09 Å². The zero-order valence-electron chi connectivity index (χ0n) is 59.6. The van der Waals surface area contributed by atoms with Gasteiger partial charge in [0.25, 0.3) is 22.7 Å². The number of hydrogen-bond acceptors (Lipinski definition) is 22. The molecule has 32 heteroatoms. The number of carbonyl (C=O) groups excluding carboxylic acids is 4.